The predicted molar refractivity (Wildman–Crippen MR) is 119 cm³/mol. The van der Waals surface area contributed by atoms with Crippen LogP contribution in [0.15, 0.2) is 66.9 Å². The molecule has 5 rings (SSSR count). The van der Waals surface area contributed by atoms with Crippen molar-refractivity contribution in [3.8, 4) is 0 Å². The van der Waals surface area contributed by atoms with Crippen molar-refractivity contribution >= 4 is 45.1 Å². The van der Waals surface area contributed by atoms with Crippen molar-refractivity contribution in [2.45, 2.75) is 12.8 Å². The average molecular weight is 412 g/mol. The van der Waals surface area contributed by atoms with E-state index in [1.165, 1.54) is 0 Å². The Bertz CT molecular complexity index is 1340. The molecule has 0 aliphatic heterocycles. The molecule has 0 unspecified atom stereocenters. The van der Waals surface area contributed by atoms with Gasteiger partial charge in [0.1, 0.15) is 0 Å². The summed E-state index contributed by atoms with van der Waals surface area (Å²) in [7, 11) is 0. The van der Waals surface area contributed by atoms with Crippen molar-refractivity contribution in [3.05, 3.63) is 78.0 Å². The molecule has 0 atom stereocenters. The molecule has 0 bridgehead atoms. The highest BCUT2D eigenvalue weighted by atomic mass is 16.2. The summed E-state index contributed by atoms with van der Waals surface area (Å²) in [6, 6.07) is 18.5. The van der Waals surface area contributed by atoms with Crippen molar-refractivity contribution in [1.82, 2.24) is 15.8 Å². The van der Waals surface area contributed by atoms with Gasteiger partial charge in [-0.05, 0) is 41.8 Å². The van der Waals surface area contributed by atoms with E-state index in [9.17, 15) is 14.4 Å². The number of rotatable bonds is 4. The van der Waals surface area contributed by atoms with Gasteiger partial charge in [0.15, 0.2) is 0 Å². The highest BCUT2D eigenvalue weighted by Crippen LogP contribution is 2.32. The molecule has 1 heterocycles. The minimum absolute atomic E-state index is 0.00366. The van der Waals surface area contributed by atoms with Gasteiger partial charge in [-0.15, -0.1) is 0 Å². The van der Waals surface area contributed by atoms with E-state index in [1.54, 1.807) is 18.3 Å². The van der Waals surface area contributed by atoms with Crippen molar-refractivity contribution in [3.63, 3.8) is 0 Å². The summed E-state index contributed by atoms with van der Waals surface area (Å²) in [6.07, 6.45) is 3.33. The Labute approximate surface area is 177 Å². The Kier molecular flexibility index (Phi) is 4.63. The zero-order valence-electron chi connectivity index (χ0n) is 16.6. The lowest BCUT2D eigenvalue weighted by atomic mass is 10.0. The third kappa shape index (κ3) is 3.73. The number of carbonyl (C=O) groups excluding carboxylic acids is 3. The van der Waals surface area contributed by atoms with Crippen molar-refractivity contribution in [2.75, 3.05) is 5.32 Å². The summed E-state index contributed by atoms with van der Waals surface area (Å²) < 4.78 is 0. The number of hydrogen-bond acceptors (Lipinski definition) is 3. The van der Waals surface area contributed by atoms with Crippen molar-refractivity contribution < 1.29 is 14.4 Å². The summed E-state index contributed by atoms with van der Waals surface area (Å²) in [5, 5.41) is 5.40. The lowest BCUT2D eigenvalue weighted by Gasteiger charge is -2.13. The molecule has 3 aromatic carbocycles. The normalized spacial score (nSPS) is 13.2. The first-order valence-electron chi connectivity index (χ1n) is 10.1. The fourth-order valence-corrected chi connectivity index (χ4v) is 3.62. The second-order valence-corrected chi connectivity index (χ2v) is 7.66. The molecule has 0 radical (unpaired) electrons. The van der Waals surface area contributed by atoms with Crippen LogP contribution >= 0.6 is 0 Å². The van der Waals surface area contributed by atoms with E-state index in [1.807, 2.05) is 48.5 Å². The van der Waals surface area contributed by atoms with E-state index in [4.69, 9.17) is 0 Å². The number of aromatic amines is 1. The number of anilines is 1. The maximum atomic E-state index is 12.9. The Morgan fingerprint density at radius 1 is 0.806 bits per heavy atom. The van der Waals surface area contributed by atoms with Gasteiger partial charge < -0.3 is 10.3 Å². The molecule has 1 aliphatic carbocycles. The maximum absolute atomic E-state index is 12.9. The SMILES string of the molecule is O=C(NNC(=O)c1c[nH]c2ccccc12)c1cc2ccccc2cc1NC(=O)C1CC1. The highest BCUT2D eigenvalue weighted by Gasteiger charge is 2.30. The van der Waals surface area contributed by atoms with Crippen LogP contribution in [0.2, 0.25) is 0 Å². The highest BCUT2D eigenvalue weighted by molar-refractivity contribution is 6.10. The molecule has 0 saturated heterocycles. The second kappa shape index (κ2) is 7.60. The third-order valence-corrected chi connectivity index (χ3v) is 5.46. The molecule has 1 aliphatic rings. The number of hydrogen-bond donors (Lipinski definition) is 4. The quantitative estimate of drug-likeness (QED) is 0.384. The fourth-order valence-electron chi connectivity index (χ4n) is 3.62. The van der Waals surface area contributed by atoms with E-state index in [2.05, 4.69) is 21.2 Å². The maximum Gasteiger partial charge on any atom is 0.271 e. The standard InChI is InChI=1S/C24H20N4O3/c29-22(14-9-10-14)26-21-12-16-6-2-1-5-15(16)11-18(21)23(30)27-28-24(31)19-13-25-20-8-4-3-7-17(19)20/h1-8,11-14,25H,9-10H2,(H,26,29)(H,27,30)(H,28,31). The molecular formula is C24H20N4O3. The Hall–Kier alpha value is -4.13. The van der Waals surface area contributed by atoms with Gasteiger partial charge >= 0.3 is 0 Å². The predicted octanol–water partition coefficient (Wildman–Crippen LogP) is 3.74. The monoisotopic (exact) mass is 412 g/mol. The third-order valence-electron chi connectivity index (χ3n) is 5.46. The summed E-state index contributed by atoms with van der Waals surface area (Å²) >= 11 is 0. The van der Waals surface area contributed by atoms with Gasteiger partial charge in [0.05, 0.1) is 16.8 Å². The number of nitrogens with one attached hydrogen (secondary N) is 4. The van der Waals surface area contributed by atoms with Crippen LogP contribution in [0.3, 0.4) is 0 Å². The Morgan fingerprint density at radius 3 is 2.19 bits per heavy atom. The minimum atomic E-state index is -0.509. The number of carbonyl (C=O) groups is 3. The minimum Gasteiger partial charge on any atom is -0.360 e. The first-order chi connectivity index (χ1) is 15.1. The zero-order valence-corrected chi connectivity index (χ0v) is 16.6. The molecular weight excluding hydrogens is 392 g/mol. The molecule has 31 heavy (non-hydrogen) atoms. The Morgan fingerprint density at radius 2 is 1.45 bits per heavy atom. The number of hydrazine groups is 1. The van der Waals surface area contributed by atoms with Gasteiger partial charge in [0.2, 0.25) is 5.91 Å². The molecule has 1 fully saturated rings. The number of benzene rings is 3. The topological polar surface area (TPSA) is 103 Å². The second-order valence-electron chi connectivity index (χ2n) is 7.66. The number of H-pyrrole nitrogens is 1. The van der Waals surface area contributed by atoms with Crippen LogP contribution < -0.4 is 16.2 Å². The van der Waals surface area contributed by atoms with Gasteiger partial charge in [0.25, 0.3) is 11.8 Å². The zero-order chi connectivity index (χ0) is 21.4. The number of amides is 3. The fraction of sp³-hybridized carbons (Fsp3) is 0.125. The first-order valence-corrected chi connectivity index (χ1v) is 10.1. The van der Waals surface area contributed by atoms with E-state index in [-0.39, 0.29) is 17.4 Å². The van der Waals surface area contributed by atoms with Crippen LogP contribution in [0.25, 0.3) is 21.7 Å². The smallest absolute Gasteiger partial charge is 0.271 e. The summed E-state index contributed by atoms with van der Waals surface area (Å²) in [5.41, 5.74) is 6.91. The summed E-state index contributed by atoms with van der Waals surface area (Å²) in [6.45, 7) is 0. The molecule has 7 heteroatoms. The van der Waals surface area contributed by atoms with E-state index < -0.39 is 11.8 Å². The van der Waals surface area contributed by atoms with Crippen LogP contribution in [0.4, 0.5) is 5.69 Å². The van der Waals surface area contributed by atoms with Crippen LogP contribution in [0.5, 0.6) is 0 Å². The van der Waals surface area contributed by atoms with Crippen LogP contribution in [0, 0.1) is 5.92 Å². The van der Waals surface area contributed by atoms with Gasteiger partial charge in [0, 0.05) is 23.0 Å². The molecule has 0 spiro atoms. The lowest BCUT2D eigenvalue weighted by molar-refractivity contribution is -0.117. The van der Waals surface area contributed by atoms with Crippen LogP contribution in [-0.4, -0.2) is 22.7 Å². The van der Waals surface area contributed by atoms with Crippen LogP contribution in [-0.2, 0) is 4.79 Å². The van der Waals surface area contributed by atoms with Gasteiger partial charge in [-0.25, -0.2) is 0 Å². The van der Waals surface area contributed by atoms with Crippen LogP contribution in [0.1, 0.15) is 33.6 Å². The molecule has 1 saturated carbocycles. The van der Waals surface area contributed by atoms with E-state index in [0.29, 0.717) is 11.3 Å². The number of aromatic nitrogens is 1. The van der Waals surface area contributed by atoms with Crippen molar-refractivity contribution in [1.29, 1.82) is 0 Å². The van der Waals surface area contributed by atoms with Gasteiger partial charge in [-0.2, -0.15) is 0 Å². The average Bonchev–Trinajstić information content (AvgIpc) is 3.56. The number of para-hydroxylation sites is 1. The summed E-state index contributed by atoms with van der Waals surface area (Å²) in [5.74, 6) is -1.03. The molecule has 1 aromatic heterocycles. The van der Waals surface area contributed by atoms with Gasteiger partial charge in [-0.3, -0.25) is 25.2 Å². The summed E-state index contributed by atoms with van der Waals surface area (Å²) in [4.78, 5) is 40.9. The van der Waals surface area contributed by atoms with Crippen molar-refractivity contribution in [2.24, 2.45) is 5.92 Å². The van der Waals surface area contributed by atoms with E-state index in [0.717, 1.165) is 34.5 Å². The first kappa shape index (κ1) is 18.9. The van der Waals surface area contributed by atoms with E-state index >= 15 is 0 Å². The Balaban J connectivity index is 1.39. The lowest BCUT2D eigenvalue weighted by Crippen LogP contribution is -2.41. The molecule has 154 valence electrons. The largest absolute Gasteiger partial charge is 0.360 e. The van der Waals surface area contributed by atoms with Gasteiger partial charge in [-0.1, -0.05) is 42.5 Å². The number of fused-ring (bicyclic) bond motifs is 2. The molecule has 4 N–H and O–H groups in total. The molecule has 4 aromatic rings. The molecule has 7 nitrogen and oxygen atoms in total. The molecule has 3 amide bonds.